The van der Waals surface area contributed by atoms with E-state index in [9.17, 15) is 8.78 Å². The third-order valence-corrected chi connectivity index (χ3v) is 2.51. The van der Waals surface area contributed by atoms with Crippen LogP contribution in [0, 0.1) is 11.9 Å². The van der Waals surface area contributed by atoms with E-state index in [4.69, 9.17) is 11.6 Å². The molecular formula is C11H8ClF2N3. The normalized spacial score (nSPS) is 10.4. The van der Waals surface area contributed by atoms with Crippen LogP contribution in [0.1, 0.15) is 0 Å². The van der Waals surface area contributed by atoms with Gasteiger partial charge in [-0.05, 0) is 12.1 Å². The summed E-state index contributed by atoms with van der Waals surface area (Å²) < 4.78 is 26.3. The van der Waals surface area contributed by atoms with Crippen molar-refractivity contribution in [3.05, 3.63) is 47.2 Å². The van der Waals surface area contributed by atoms with E-state index in [2.05, 4.69) is 9.97 Å². The predicted molar refractivity (Wildman–Crippen MR) is 61.5 cm³/mol. The standard InChI is InChI=1S/C11H8ClF2N3/c1-17(7-5-3-2-4-6-7)11-15-9(13)8(12)10(14)16-11/h2-6H,1H3. The number of benzene rings is 1. The highest BCUT2D eigenvalue weighted by Gasteiger charge is 2.15. The van der Waals surface area contributed by atoms with Crippen molar-refractivity contribution in [1.82, 2.24) is 9.97 Å². The molecule has 2 aromatic rings. The SMILES string of the molecule is CN(c1ccccc1)c1nc(F)c(Cl)c(F)n1. The van der Waals surface area contributed by atoms with Gasteiger partial charge in [0, 0.05) is 12.7 Å². The Balaban J connectivity index is 2.41. The van der Waals surface area contributed by atoms with Gasteiger partial charge in [0.2, 0.25) is 17.8 Å². The van der Waals surface area contributed by atoms with Crippen molar-refractivity contribution in [2.24, 2.45) is 0 Å². The molecule has 0 fully saturated rings. The minimum Gasteiger partial charge on any atom is -0.313 e. The Morgan fingerprint density at radius 3 is 2.12 bits per heavy atom. The second-order valence-corrected chi connectivity index (χ2v) is 3.69. The van der Waals surface area contributed by atoms with Crippen molar-refractivity contribution in [2.75, 3.05) is 11.9 Å². The van der Waals surface area contributed by atoms with Crippen LogP contribution in [0.3, 0.4) is 0 Å². The molecule has 0 unspecified atom stereocenters. The highest BCUT2D eigenvalue weighted by Crippen LogP contribution is 2.23. The maximum absolute atomic E-state index is 13.2. The van der Waals surface area contributed by atoms with Gasteiger partial charge in [-0.2, -0.15) is 18.7 Å². The first kappa shape index (κ1) is 11.7. The largest absolute Gasteiger partial charge is 0.313 e. The predicted octanol–water partition coefficient (Wildman–Crippen LogP) is 3.18. The fourth-order valence-corrected chi connectivity index (χ4v) is 1.39. The van der Waals surface area contributed by atoms with E-state index in [-0.39, 0.29) is 5.95 Å². The lowest BCUT2D eigenvalue weighted by Gasteiger charge is -2.16. The van der Waals surface area contributed by atoms with Gasteiger partial charge in [0.05, 0.1) is 0 Å². The molecule has 0 aliphatic rings. The summed E-state index contributed by atoms with van der Waals surface area (Å²) in [6.45, 7) is 0. The van der Waals surface area contributed by atoms with Gasteiger partial charge < -0.3 is 4.90 Å². The lowest BCUT2D eigenvalue weighted by molar-refractivity contribution is 0.526. The van der Waals surface area contributed by atoms with Crippen LogP contribution < -0.4 is 4.90 Å². The fraction of sp³-hybridized carbons (Fsp3) is 0.0909. The van der Waals surface area contributed by atoms with Crippen molar-refractivity contribution in [2.45, 2.75) is 0 Å². The smallest absolute Gasteiger partial charge is 0.239 e. The number of hydrogen-bond donors (Lipinski definition) is 0. The van der Waals surface area contributed by atoms with E-state index in [0.717, 1.165) is 0 Å². The Morgan fingerprint density at radius 2 is 1.59 bits per heavy atom. The van der Waals surface area contributed by atoms with Crippen LogP contribution in [0.2, 0.25) is 5.02 Å². The second-order valence-electron chi connectivity index (χ2n) is 3.31. The Kier molecular flexibility index (Phi) is 3.19. The van der Waals surface area contributed by atoms with E-state index in [1.54, 1.807) is 31.3 Å². The fourth-order valence-electron chi connectivity index (χ4n) is 1.30. The Labute approximate surface area is 102 Å². The summed E-state index contributed by atoms with van der Waals surface area (Å²) in [5, 5.41) is -0.699. The third-order valence-electron chi connectivity index (χ3n) is 2.20. The molecule has 0 aliphatic heterocycles. The Hall–Kier alpha value is -1.75. The third kappa shape index (κ3) is 2.34. The first-order valence-corrected chi connectivity index (χ1v) is 5.14. The van der Waals surface area contributed by atoms with Crippen LogP contribution >= 0.6 is 11.6 Å². The first-order valence-electron chi connectivity index (χ1n) is 4.77. The monoisotopic (exact) mass is 255 g/mol. The summed E-state index contributed by atoms with van der Waals surface area (Å²) in [7, 11) is 1.61. The van der Waals surface area contributed by atoms with Gasteiger partial charge in [-0.25, -0.2) is 0 Å². The summed E-state index contributed by atoms with van der Waals surface area (Å²) in [5.41, 5.74) is 0.716. The summed E-state index contributed by atoms with van der Waals surface area (Å²) in [6.07, 6.45) is 0. The Morgan fingerprint density at radius 1 is 1.06 bits per heavy atom. The average Bonchev–Trinajstić information content (AvgIpc) is 2.35. The second kappa shape index (κ2) is 4.63. The van der Waals surface area contributed by atoms with Crippen molar-refractivity contribution in [1.29, 1.82) is 0 Å². The maximum atomic E-state index is 13.2. The van der Waals surface area contributed by atoms with Crippen LogP contribution in [0.25, 0.3) is 0 Å². The zero-order valence-electron chi connectivity index (χ0n) is 8.86. The van der Waals surface area contributed by atoms with Gasteiger partial charge in [-0.3, -0.25) is 0 Å². The molecule has 1 heterocycles. The molecule has 0 amide bonds. The number of para-hydroxylation sites is 1. The number of anilines is 2. The van der Waals surface area contributed by atoms with Gasteiger partial charge in [-0.15, -0.1) is 0 Å². The van der Waals surface area contributed by atoms with E-state index >= 15 is 0 Å². The molecule has 17 heavy (non-hydrogen) atoms. The minimum absolute atomic E-state index is 0.0874. The van der Waals surface area contributed by atoms with E-state index < -0.39 is 16.9 Å². The summed E-state index contributed by atoms with van der Waals surface area (Å²) in [4.78, 5) is 8.43. The number of nitrogens with zero attached hydrogens (tertiary/aromatic N) is 3. The van der Waals surface area contributed by atoms with Crippen LogP contribution in [-0.4, -0.2) is 17.0 Å². The molecule has 1 aromatic heterocycles. The van der Waals surface area contributed by atoms with Crippen molar-refractivity contribution >= 4 is 23.2 Å². The Bertz CT molecular complexity index is 510. The molecule has 0 N–H and O–H groups in total. The molecule has 0 aliphatic carbocycles. The maximum Gasteiger partial charge on any atom is 0.239 e. The number of hydrogen-bond acceptors (Lipinski definition) is 3. The molecule has 0 atom stereocenters. The number of rotatable bonds is 2. The van der Waals surface area contributed by atoms with E-state index in [1.807, 2.05) is 6.07 Å². The highest BCUT2D eigenvalue weighted by molar-refractivity contribution is 6.30. The lowest BCUT2D eigenvalue weighted by Crippen LogP contribution is -2.14. The van der Waals surface area contributed by atoms with Crippen molar-refractivity contribution < 1.29 is 8.78 Å². The van der Waals surface area contributed by atoms with Crippen LogP contribution in [-0.2, 0) is 0 Å². The highest BCUT2D eigenvalue weighted by atomic mass is 35.5. The van der Waals surface area contributed by atoms with Crippen LogP contribution in [0.5, 0.6) is 0 Å². The average molecular weight is 256 g/mol. The molecule has 0 spiro atoms. The van der Waals surface area contributed by atoms with E-state index in [1.165, 1.54) is 4.90 Å². The summed E-state index contributed by atoms with van der Waals surface area (Å²) >= 11 is 5.31. The topological polar surface area (TPSA) is 29.0 Å². The number of aromatic nitrogens is 2. The molecule has 2 rings (SSSR count). The van der Waals surface area contributed by atoms with Gasteiger partial charge in [0.25, 0.3) is 0 Å². The molecule has 3 nitrogen and oxygen atoms in total. The van der Waals surface area contributed by atoms with Crippen molar-refractivity contribution in [3.63, 3.8) is 0 Å². The molecule has 0 saturated heterocycles. The van der Waals surface area contributed by atoms with Crippen LogP contribution in [0.15, 0.2) is 30.3 Å². The summed E-state index contributed by atoms with van der Waals surface area (Å²) in [5.74, 6) is -2.23. The van der Waals surface area contributed by atoms with Gasteiger partial charge in [0.15, 0.2) is 5.02 Å². The van der Waals surface area contributed by atoms with Crippen molar-refractivity contribution in [3.8, 4) is 0 Å². The molecule has 1 aromatic carbocycles. The van der Waals surface area contributed by atoms with E-state index in [0.29, 0.717) is 5.69 Å². The molecule has 88 valence electrons. The summed E-state index contributed by atoms with van der Waals surface area (Å²) in [6, 6.07) is 8.98. The van der Waals surface area contributed by atoms with Gasteiger partial charge in [0.1, 0.15) is 0 Å². The minimum atomic E-state index is -1.07. The molecule has 0 radical (unpaired) electrons. The molecular weight excluding hydrogens is 248 g/mol. The molecule has 0 saturated carbocycles. The molecule has 0 bridgehead atoms. The van der Waals surface area contributed by atoms with Gasteiger partial charge >= 0.3 is 0 Å². The van der Waals surface area contributed by atoms with Crippen LogP contribution in [0.4, 0.5) is 20.4 Å². The first-order chi connectivity index (χ1) is 8.09. The lowest BCUT2D eigenvalue weighted by atomic mass is 10.3. The quantitative estimate of drug-likeness (QED) is 0.772. The number of halogens is 3. The molecule has 6 heteroatoms. The zero-order valence-corrected chi connectivity index (χ0v) is 9.62. The van der Waals surface area contributed by atoms with Gasteiger partial charge in [-0.1, -0.05) is 29.8 Å². The zero-order chi connectivity index (χ0) is 12.4.